The molecule has 0 bridgehead atoms. The Morgan fingerprint density at radius 2 is 1.64 bits per heavy atom. The van der Waals surface area contributed by atoms with E-state index in [1.54, 1.807) is 12.1 Å². The molecule has 3 amide bonds. The van der Waals surface area contributed by atoms with Gasteiger partial charge in [-0.3, -0.25) is 14.4 Å². The van der Waals surface area contributed by atoms with E-state index in [2.05, 4.69) is 41.0 Å². The van der Waals surface area contributed by atoms with Crippen LogP contribution < -0.4 is 31.7 Å². The van der Waals surface area contributed by atoms with Gasteiger partial charge in [0.2, 0.25) is 11.9 Å². The van der Waals surface area contributed by atoms with Crippen molar-refractivity contribution in [2.24, 2.45) is 5.73 Å². The summed E-state index contributed by atoms with van der Waals surface area (Å²) >= 11 is 5.99. The number of anilines is 3. The standard InChI is InChI=1S/C27H26ClF3N8O6/c1-44-22(43)18(12-33-21(42)19(32)40)35-20(41)14-2-8-17(9-3-14)34-23-36-24(38-25(37-23)45-13-27(29,30)31)39-26(10-11-26)15-4-6-16(28)7-5-15/h2-9,18H,10-13H2,1H3,(H2,32,40)(H,33,42)(H,35,41)(H2,34,36,37,38,39). The highest BCUT2D eigenvalue weighted by atomic mass is 35.5. The number of nitrogens with zero attached hydrogens (tertiary/aromatic N) is 3. The van der Waals surface area contributed by atoms with Gasteiger partial charge in [-0.1, -0.05) is 23.7 Å². The van der Waals surface area contributed by atoms with Crippen molar-refractivity contribution in [2.75, 3.05) is 30.9 Å². The molecule has 1 aromatic heterocycles. The highest BCUT2D eigenvalue weighted by Crippen LogP contribution is 2.48. The molecule has 238 valence electrons. The first-order chi connectivity index (χ1) is 21.3. The van der Waals surface area contributed by atoms with Crippen LogP contribution >= 0.6 is 11.6 Å². The minimum atomic E-state index is -4.63. The summed E-state index contributed by atoms with van der Waals surface area (Å²) in [5.41, 5.74) is 5.62. The number of halogens is 4. The largest absolute Gasteiger partial charge is 0.467 e. The number of nitrogens with one attached hydrogen (secondary N) is 4. The van der Waals surface area contributed by atoms with E-state index in [1.165, 1.54) is 24.3 Å². The monoisotopic (exact) mass is 650 g/mol. The van der Waals surface area contributed by atoms with Gasteiger partial charge < -0.3 is 36.5 Å². The minimum Gasteiger partial charge on any atom is -0.467 e. The van der Waals surface area contributed by atoms with Gasteiger partial charge in [0.1, 0.15) is 6.04 Å². The molecule has 1 heterocycles. The number of esters is 1. The summed E-state index contributed by atoms with van der Waals surface area (Å²) in [5, 5.41) is 11.0. The number of hydrogen-bond acceptors (Lipinski definition) is 11. The lowest BCUT2D eigenvalue weighted by molar-refractivity contribution is -0.154. The maximum absolute atomic E-state index is 12.8. The van der Waals surface area contributed by atoms with Crippen LogP contribution in [0.2, 0.25) is 5.02 Å². The Bertz CT molecular complexity index is 1570. The molecule has 1 atom stereocenters. The van der Waals surface area contributed by atoms with E-state index in [0.29, 0.717) is 23.6 Å². The average Bonchev–Trinajstić information content (AvgIpc) is 3.78. The Morgan fingerprint density at radius 1 is 1.00 bits per heavy atom. The summed E-state index contributed by atoms with van der Waals surface area (Å²) in [6.07, 6.45) is -3.22. The van der Waals surface area contributed by atoms with Crippen molar-refractivity contribution in [3.05, 3.63) is 64.7 Å². The highest BCUT2D eigenvalue weighted by molar-refractivity contribution is 6.34. The number of aromatic nitrogens is 3. The molecule has 1 aliphatic carbocycles. The van der Waals surface area contributed by atoms with Crippen LogP contribution in [0.5, 0.6) is 6.01 Å². The molecule has 2 aromatic carbocycles. The van der Waals surface area contributed by atoms with Gasteiger partial charge in [-0.2, -0.15) is 28.1 Å². The van der Waals surface area contributed by atoms with E-state index in [9.17, 15) is 32.3 Å². The number of carbonyl (C=O) groups is 4. The van der Waals surface area contributed by atoms with Crippen LogP contribution in [0.1, 0.15) is 28.8 Å². The second-order valence-electron chi connectivity index (χ2n) is 9.71. The third kappa shape index (κ3) is 9.15. The molecular formula is C27H26ClF3N8O6. The third-order valence-corrected chi connectivity index (χ3v) is 6.61. The zero-order valence-corrected chi connectivity index (χ0v) is 24.2. The number of nitrogens with two attached hydrogens (primary N) is 1. The molecule has 0 radical (unpaired) electrons. The molecule has 45 heavy (non-hydrogen) atoms. The number of rotatable bonds is 12. The average molecular weight is 651 g/mol. The van der Waals surface area contributed by atoms with Crippen molar-refractivity contribution in [2.45, 2.75) is 30.6 Å². The van der Waals surface area contributed by atoms with Gasteiger partial charge in [-0.25, -0.2) is 4.79 Å². The number of alkyl halides is 3. The van der Waals surface area contributed by atoms with Crippen molar-refractivity contribution in [1.82, 2.24) is 25.6 Å². The van der Waals surface area contributed by atoms with Gasteiger partial charge in [0.25, 0.3) is 5.91 Å². The second kappa shape index (κ2) is 13.6. The SMILES string of the molecule is COC(=O)C(CNC(=O)C(N)=O)NC(=O)c1ccc(Nc2nc(NC3(c4ccc(Cl)cc4)CC3)nc(OCC(F)(F)F)n2)cc1. The molecule has 4 rings (SSSR count). The number of benzene rings is 2. The van der Waals surface area contributed by atoms with E-state index in [-0.39, 0.29) is 17.5 Å². The highest BCUT2D eigenvalue weighted by Gasteiger charge is 2.45. The number of methoxy groups -OCH3 is 1. The third-order valence-electron chi connectivity index (χ3n) is 6.36. The van der Waals surface area contributed by atoms with Crippen LogP contribution in [0.3, 0.4) is 0 Å². The first-order valence-electron chi connectivity index (χ1n) is 13.1. The lowest BCUT2D eigenvalue weighted by Gasteiger charge is -2.19. The smallest absolute Gasteiger partial charge is 0.422 e. The Balaban J connectivity index is 1.49. The van der Waals surface area contributed by atoms with Crippen molar-refractivity contribution >= 4 is 52.9 Å². The topological polar surface area (TPSA) is 200 Å². The fourth-order valence-corrected chi connectivity index (χ4v) is 4.09. The van der Waals surface area contributed by atoms with Gasteiger partial charge in [-0.15, -0.1) is 0 Å². The maximum atomic E-state index is 12.8. The zero-order chi connectivity index (χ0) is 32.8. The first-order valence-corrected chi connectivity index (χ1v) is 13.5. The molecule has 1 aliphatic rings. The Labute approximate surface area is 258 Å². The minimum absolute atomic E-state index is 0.0367. The predicted octanol–water partition coefficient (Wildman–Crippen LogP) is 2.18. The molecular weight excluding hydrogens is 625 g/mol. The van der Waals surface area contributed by atoms with Crippen LogP contribution in [0, 0.1) is 0 Å². The fraction of sp³-hybridized carbons (Fsp3) is 0.296. The normalized spacial score (nSPS) is 14.0. The molecule has 0 saturated heterocycles. The van der Waals surface area contributed by atoms with E-state index >= 15 is 0 Å². The van der Waals surface area contributed by atoms with Crippen LogP contribution in [-0.4, -0.2) is 71.1 Å². The lowest BCUT2D eigenvalue weighted by Crippen LogP contribution is -2.50. The van der Waals surface area contributed by atoms with Crippen molar-refractivity contribution < 1.29 is 41.8 Å². The summed E-state index contributed by atoms with van der Waals surface area (Å²) in [7, 11) is 1.07. The first kappa shape index (κ1) is 32.7. The quantitative estimate of drug-likeness (QED) is 0.142. The number of primary amides is 1. The molecule has 0 aliphatic heterocycles. The Hall–Kier alpha value is -5.19. The van der Waals surface area contributed by atoms with Gasteiger partial charge in [0.05, 0.1) is 12.6 Å². The molecule has 6 N–H and O–H groups in total. The van der Waals surface area contributed by atoms with Gasteiger partial charge in [0, 0.05) is 22.8 Å². The van der Waals surface area contributed by atoms with Gasteiger partial charge in [0.15, 0.2) is 6.61 Å². The van der Waals surface area contributed by atoms with E-state index in [4.69, 9.17) is 22.1 Å². The lowest BCUT2D eigenvalue weighted by atomic mass is 10.1. The molecule has 18 heteroatoms. The summed E-state index contributed by atoms with van der Waals surface area (Å²) < 4.78 is 47.9. The molecule has 14 nitrogen and oxygen atoms in total. The predicted molar refractivity (Wildman–Crippen MR) is 153 cm³/mol. The molecule has 1 fully saturated rings. The maximum Gasteiger partial charge on any atom is 0.422 e. The number of carbonyl (C=O) groups excluding carboxylic acids is 4. The number of hydrogen-bond donors (Lipinski definition) is 5. The van der Waals surface area contributed by atoms with Gasteiger partial charge >= 0.3 is 30.0 Å². The van der Waals surface area contributed by atoms with Crippen LogP contribution in [0.4, 0.5) is 30.8 Å². The molecule has 1 unspecified atom stereocenters. The van der Waals surface area contributed by atoms with Crippen molar-refractivity contribution in [1.29, 1.82) is 0 Å². The van der Waals surface area contributed by atoms with Crippen LogP contribution in [0.15, 0.2) is 48.5 Å². The van der Waals surface area contributed by atoms with Crippen LogP contribution in [0.25, 0.3) is 0 Å². The Kier molecular flexibility index (Phi) is 9.91. The summed E-state index contributed by atoms with van der Waals surface area (Å²) in [6, 6.07) is 10.8. The van der Waals surface area contributed by atoms with E-state index in [0.717, 1.165) is 12.7 Å². The summed E-state index contributed by atoms with van der Waals surface area (Å²) in [5.74, 6) is -4.23. The second-order valence-corrected chi connectivity index (χ2v) is 10.1. The summed E-state index contributed by atoms with van der Waals surface area (Å²) in [4.78, 5) is 59.4. The molecule has 3 aromatic rings. The molecule has 1 saturated carbocycles. The van der Waals surface area contributed by atoms with E-state index in [1.807, 2.05) is 12.1 Å². The fourth-order valence-electron chi connectivity index (χ4n) is 3.97. The van der Waals surface area contributed by atoms with Crippen molar-refractivity contribution in [3.8, 4) is 6.01 Å². The zero-order valence-electron chi connectivity index (χ0n) is 23.4. The van der Waals surface area contributed by atoms with E-state index < -0.39 is 60.6 Å². The summed E-state index contributed by atoms with van der Waals surface area (Å²) in [6.45, 7) is -2.09. The number of amides is 3. The Morgan fingerprint density at radius 3 is 2.22 bits per heavy atom. The molecule has 0 spiro atoms. The van der Waals surface area contributed by atoms with Crippen LogP contribution in [-0.2, 0) is 24.7 Å². The number of ether oxygens (including phenoxy) is 2. The van der Waals surface area contributed by atoms with Gasteiger partial charge in [-0.05, 0) is 54.8 Å². The van der Waals surface area contributed by atoms with Crippen molar-refractivity contribution in [3.63, 3.8) is 0 Å².